The molecule has 0 spiro atoms. The fraction of sp³-hybridized carbons (Fsp3) is 0.625. The van der Waals surface area contributed by atoms with Crippen LogP contribution in [0, 0.1) is 17.3 Å². The van der Waals surface area contributed by atoms with E-state index in [9.17, 15) is 18.0 Å². The number of carbonyl (C=O) groups excluding carboxylic acids is 2. The van der Waals surface area contributed by atoms with Gasteiger partial charge in [-0.15, -0.1) is 0 Å². The number of carbonyl (C=O) groups is 2. The number of nitrogens with zero attached hydrogens (tertiary/aromatic N) is 4. The van der Waals surface area contributed by atoms with Gasteiger partial charge in [-0.05, 0) is 94.4 Å². The van der Waals surface area contributed by atoms with Crippen LogP contribution in [-0.4, -0.2) is 55.4 Å². The average Bonchev–Trinajstić information content (AvgIpc) is 3.47. The maximum absolute atomic E-state index is 13.7. The highest BCUT2D eigenvalue weighted by Crippen LogP contribution is 2.44. The minimum Gasteiger partial charge on any atom is -0.370 e. The van der Waals surface area contributed by atoms with E-state index < -0.39 is 15.9 Å². The molecule has 3 aliphatic heterocycles. The Morgan fingerprint density at radius 1 is 0.977 bits per heavy atom. The largest absolute Gasteiger partial charge is 0.370 e. The van der Waals surface area contributed by atoms with Crippen molar-refractivity contribution in [2.75, 3.05) is 34.8 Å². The minimum atomic E-state index is -4.24. The Morgan fingerprint density at radius 2 is 1.77 bits per heavy atom. The number of anilines is 3. The number of hydrogen-bond acceptors (Lipinski definition) is 8. The molecular formula is C32H44N6O4S. The summed E-state index contributed by atoms with van der Waals surface area (Å²) >= 11 is 0. The maximum atomic E-state index is 13.7. The number of amides is 2. The van der Waals surface area contributed by atoms with Gasteiger partial charge in [0.2, 0.25) is 5.91 Å². The van der Waals surface area contributed by atoms with E-state index in [4.69, 9.17) is 4.98 Å². The van der Waals surface area contributed by atoms with Crippen molar-refractivity contribution in [1.82, 2.24) is 14.7 Å². The topological polar surface area (TPSA) is 125 Å². The van der Waals surface area contributed by atoms with E-state index in [2.05, 4.69) is 40.7 Å². The predicted molar refractivity (Wildman–Crippen MR) is 167 cm³/mol. The summed E-state index contributed by atoms with van der Waals surface area (Å²) < 4.78 is 28.7. The number of nitrogens with one attached hydrogen (secondary N) is 2. The van der Waals surface area contributed by atoms with Crippen molar-refractivity contribution in [3.05, 3.63) is 35.9 Å². The first-order chi connectivity index (χ1) is 20.4. The lowest BCUT2D eigenvalue weighted by atomic mass is 9.70. The Hall–Kier alpha value is -3.21. The Bertz CT molecular complexity index is 1500. The molecule has 1 unspecified atom stereocenters. The molecule has 11 heteroatoms. The molecule has 6 rings (SSSR count). The fourth-order valence-corrected chi connectivity index (χ4v) is 8.72. The van der Waals surface area contributed by atoms with Crippen molar-refractivity contribution in [2.24, 2.45) is 17.3 Å². The second-order valence-electron chi connectivity index (χ2n) is 13.9. The zero-order valence-corrected chi connectivity index (χ0v) is 26.4. The number of fused-ring (bicyclic) bond motifs is 6. The highest BCUT2D eigenvalue weighted by Gasteiger charge is 2.43. The van der Waals surface area contributed by atoms with Gasteiger partial charge in [-0.25, -0.2) is 14.7 Å². The normalized spacial score (nSPS) is 26.6. The van der Waals surface area contributed by atoms with E-state index >= 15 is 0 Å². The summed E-state index contributed by atoms with van der Waals surface area (Å²) in [6.45, 7) is 8.55. The van der Waals surface area contributed by atoms with Crippen LogP contribution in [0.15, 0.2) is 35.4 Å². The molecule has 0 radical (unpaired) electrons. The molecule has 1 aliphatic carbocycles. The van der Waals surface area contributed by atoms with Crippen LogP contribution in [0.25, 0.3) is 0 Å². The summed E-state index contributed by atoms with van der Waals surface area (Å²) in [5.41, 5.74) is 0.0666. The van der Waals surface area contributed by atoms with Gasteiger partial charge in [0.25, 0.3) is 15.9 Å². The van der Waals surface area contributed by atoms with Crippen LogP contribution in [0.1, 0.15) is 95.3 Å². The molecule has 232 valence electrons. The number of pyridine rings is 2. The summed E-state index contributed by atoms with van der Waals surface area (Å²) in [6, 6.07) is 8.02. The van der Waals surface area contributed by atoms with Crippen LogP contribution < -0.4 is 19.8 Å². The molecule has 2 amide bonds. The molecule has 2 N–H and O–H groups in total. The van der Waals surface area contributed by atoms with Crippen molar-refractivity contribution in [3.63, 3.8) is 0 Å². The zero-order chi connectivity index (χ0) is 30.4. The highest BCUT2D eigenvalue weighted by molar-refractivity contribution is 7.90. The maximum Gasteiger partial charge on any atom is 0.281 e. The van der Waals surface area contributed by atoms with E-state index in [-0.39, 0.29) is 33.4 Å². The fourth-order valence-electron chi connectivity index (χ4n) is 7.78. The predicted octanol–water partition coefficient (Wildman–Crippen LogP) is 5.12. The lowest BCUT2D eigenvalue weighted by Crippen LogP contribution is -2.41. The Morgan fingerprint density at radius 3 is 2.56 bits per heavy atom. The van der Waals surface area contributed by atoms with Crippen LogP contribution in [0.3, 0.4) is 0 Å². The third-order valence-electron chi connectivity index (χ3n) is 10.0. The third-order valence-corrected chi connectivity index (χ3v) is 11.3. The van der Waals surface area contributed by atoms with Crippen molar-refractivity contribution in [2.45, 2.75) is 95.5 Å². The lowest BCUT2D eigenvalue weighted by Gasteiger charge is -2.35. The molecule has 43 heavy (non-hydrogen) atoms. The molecule has 2 aromatic heterocycles. The van der Waals surface area contributed by atoms with Gasteiger partial charge in [0.1, 0.15) is 17.5 Å². The van der Waals surface area contributed by atoms with Crippen LogP contribution in [0.5, 0.6) is 0 Å². The van der Waals surface area contributed by atoms with Crippen LogP contribution in [-0.2, 0) is 14.8 Å². The summed E-state index contributed by atoms with van der Waals surface area (Å²) in [7, 11) is -4.24. The second kappa shape index (κ2) is 11.4. The summed E-state index contributed by atoms with van der Waals surface area (Å²) in [4.78, 5) is 40.5. The number of aromatic nitrogens is 2. The van der Waals surface area contributed by atoms with Crippen molar-refractivity contribution < 1.29 is 18.0 Å². The number of rotatable bonds is 3. The quantitative estimate of drug-likeness (QED) is 0.492. The Kier molecular flexibility index (Phi) is 7.89. The standard InChI is InChI=1S/C32H44N6O4S/c1-31(2)19-22-9-8-17-33-25-10-7-11-27(34-25)43(41,42)36-29(39)24-12-13-26(35-28(24)38(31)21-22)37-18-14-23(30(37)40)20-32(3)15-5-4-6-16-32/h7,10-13,22-23H,4-6,8-9,14-21H2,1-3H3,(H,33,34)(H,36,39)/t22-,23?/m0/s1. The van der Waals surface area contributed by atoms with Crippen LogP contribution in [0.2, 0.25) is 0 Å². The van der Waals surface area contributed by atoms with Gasteiger partial charge in [0.05, 0.1) is 5.56 Å². The summed E-state index contributed by atoms with van der Waals surface area (Å²) in [5, 5.41) is 2.99. The first-order valence-electron chi connectivity index (χ1n) is 15.8. The van der Waals surface area contributed by atoms with Gasteiger partial charge in [-0.2, -0.15) is 8.42 Å². The molecular weight excluding hydrogens is 564 g/mol. The van der Waals surface area contributed by atoms with Crippen molar-refractivity contribution >= 4 is 39.3 Å². The molecule has 10 nitrogen and oxygen atoms in total. The van der Waals surface area contributed by atoms with E-state index in [1.807, 2.05) is 0 Å². The van der Waals surface area contributed by atoms with Gasteiger partial charge in [0, 0.05) is 31.1 Å². The smallest absolute Gasteiger partial charge is 0.281 e. The average molecular weight is 609 g/mol. The van der Waals surface area contributed by atoms with Gasteiger partial charge < -0.3 is 10.2 Å². The van der Waals surface area contributed by atoms with Gasteiger partial charge in [-0.3, -0.25) is 14.5 Å². The molecule has 2 saturated heterocycles. The lowest BCUT2D eigenvalue weighted by molar-refractivity contribution is -0.121. The van der Waals surface area contributed by atoms with E-state index in [1.165, 1.54) is 38.2 Å². The SMILES string of the molecule is CC1(CC2CCN(c3ccc4c(n3)N3C[C@@H](CCCNc5cccc(n5)S(=O)(=O)NC4=O)CC3(C)C)C2=O)CCCCC1. The van der Waals surface area contributed by atoms with Gasteiger partial charge in [-0.1, -0.05) is 32.3 Å². The summed E-state index contributed by atoms with van der Waals surface area (Å²) in [5.74, 6) is 1.08. The molecule has 0 aromatic carbocycles. The monoisotopic (exact) mass is 608 g/mol. The van der Waals surface area contributed by atoms with Gasteiger partial charge in [0.15, 0.2) is 5.03 Å². The van der Waals surface area contributed by atoms with Crippen molar-refractivity contribution in [3.8, 4) is 0 Å². The van der Waals surface area contributed by atoms with E-state index in [0.29, 0.717) is 43.0 Å². The molecule has 1 saturated carbocycles. The molecule has 3 fully saturated rings. The third kappa shape index (κ3) is 6.10. The summed E-state index contributed by atoms with van der Waals surface area (Å²) in [6.07, 6.45) is 10.6. The van der Waals surface area contributed by atoms with Gasteiger partial charge >= 0.3 is 0 Å². The van der Waals surface area contributed by atoms with Crippen molar-refractivity contribution in [1.29, 1.82) is 0 Å². The zero-order valence-electron chi connectivity index (χ0n) is 25.6. The highest BCUT2D eigenvalue weighted by atomic mass is 32.2. The Balaban J connectivity index is 1.34. The second-order valence-corrected chi connectivity index (χ2v) is 15.6. The number of sulfonamides is 1. The minimum absolute atomic E-state index is 0.0274. The van der Waals surface area contributed by atoms with E-state index in [0.717, 1.165) is 32.1 Å². The molecule has 4 bridgehead atoms. The van der Waals surface area contributed by atoms with E-state index in [1.54, 1.807) is 29.2 Å². The molecule has 2 aromatic rings. The van der Waals surface area contributed by atoms with Crippen LogP contribution >= 0.6 is 0 Å². The first kappa shape index (κ1) is 29.8. The molecule has 2 atom stereocenters. The molecule has 5 heterocycles. The first-order valence-corrected chi connectivity index (χ1v) is 17.3. The van der Waals surface area contributed by atoms with Crippen LogP contribution in [0.4, 0.5) is 17.5 Å². The Labute approximate surface area is 255 Å². The molecule has 4 aliphatic rings. The number of hydrogen-bond donors (Lipinski definition) is 2.